The molecule has 0 saturated carbocycles. The first-order valence-corrected chi connectivity index (χ1v) is 8.04. The average molecular weight is 310 g/mol. The third-order valence-electron chi connectivity index (χ3n) is 4.54. The summed E-state index contributed by atoms with van der Waals surface area (Å²) >= 11 is 0. The van der Waals surface area contributed by atoms with E-state index in [1.54, 1.807) is 17.3 Å². The number of aryl methyl sites for hydroxylation is 1. The quantitative estimate of drug-likeness (QED) is 0.928. The Morgan fingerprint density at radius 3 is 2.83 bits per heavy atom. The molecule has 4 heteroatoms. The molecule has 0 spiro atoms. The Balaban J connectivity index is 1.83. The molecule has 0 aliphatic carbocycles. The highest BCUT2D eigenvalue weighted by Crippen LogP contribution is 2.23. The molecule has 2 heterocycles. The number of hydrogen-bond donors (Lipinski definition) is 1. The average Bonchev–Trinajstić information content (AvgIpc) is 2.57. The lowest BCUT2D eigenvalue weighted by Crippen LogP contribution is -2.45. The number of carbonyl (C=O) groups is 1. The zero-order valence-electron chi connectivity index (χ0n) is 13.6. The molecule has 1 aliphatic rings. The van der Waals surface area contributed by atoms with Crippen molar-refractivity contribution >= 4 is 5.91 Å². The second-order valence-corrected chi connectivity index (χ2v) is 6.42. The maximum atomic E-state index is 12.7. The summed E-state index contributed by atoms with van der Waals surface area (Å²) in [6.07, 6.45) is 3.77. The van der Waals surface area contributed by atoms with Crippen molar-refractivity contribution in [3.63, 3.8) is 0 Å². The number of hydrogen-bond acceptors (Lipinski definition) is 3. The van der Waals surface area contributed by atoms with Crippen LogP contribution < -0.4 is 0 Å². The predicted octanol–water partition coefficient (Wildman–Crippen LogP) is 2.90. The summed E-state index contributed by atoms with van der Waals surface area (Å²) in [5, 5.41) is 10.00. The highest BCUT2D eigenvalue weighted by atomic mass is 16.3. The molecular weight excluding hydrogens is 288 g/mol. The van der Waals surface area contributed by atoms with E-state index in [0.29, 0.717) is 18.7 Å². The molecular formula is C19H22N2O2. The topological polar surface area (TPSA) is 53.4 Å². The lowest BCUT2D eigenvalue weighted by molar-refractivity contribution is 0.0248. The van der Waals surface area contributed by atoms with Crippen molar-refractivity contribution in [1.29, 1.82) is 0 Å². The van der Waals surface area contributed by atoms with Gasteiger partial charge in [0.2, 0.25) is 0 Å². The molecule has 1 aliphatic heterocycles. The zero-order chi connectivity index (χ0) is 16.4. The Morgan fingerprint density at radius 2 is 2.09 bits per heavy atom. The highest BCUT2D eigenvalue weighted by Gasteiger charge is 2.28. The van der Waals surface area contributed by atoms with Gasteiger partial charge < -0.3 is 10.0 Å². The summed E-state index contributed by atoms with van der Waals surface area (Å²) in [7, 11) is 0. The smallest absolute Gasteiger partial charge is 0.255 e. The van der Waals surface area contributed by atoms with Gasteiger partial charge in [-0.05, 0) is 30.9 Å². The van der Waals surface area contributed by atoms with Crippen LogP contribution in [0.5, 0.6) is 0 Å². The fraction of sp³-hybridized carbons (Fsp3) is 0.368. The van der Waals surface area contributed by atoms with Crippen LogP contribution in [0.1, 0.15) is 29.3 Å². The van der Waals surface area contributed by atoms with Gasteiger partial charge in [0.1, 0.15) is 0 Å². The Morgan fingerprint density at radius 1 is 1.26 bits per heavy atom. The van der Waals surface area contributed by atoms with Gasteiger partial charge in [0, 0.05) is 31.0 Å². The van der Waals surface area contributed by atoms with Gasteiger partial charge in [0.25, 0.3) is 5.91 Å². The van der Waals surface area contributed by atoms with Crippen molar-refractivity contribution in [2.24, 2.45) is 5.92 Å². The van der Waals surface area contributed by atoms with E-state index in [9.17, 15) is 9.90 Å². The van der Waals surface area contributed by atoms with Crippen LogP contribution in [0.3, 0.4) is 0 Å². The molecule has 1 amide bonds. The molecule has 2 unspecified atom stereocenters. The first kappa shape index (κ1) is 15.7. The van der Waals surface area contributed by atoms with Crippen LogP contribution in [0.2, 0.25) is 0 Å². The predicted molar refractivity (Wildman–Crippen MR) is 90.1 cm³/mol. The van der Waals surface area contributed by atoms with Crippen LogP contribution >= 0.6 is 0 Å². The minimum absolute atomic E-state index is 0.0575. The summed E-state index contributed by atoms with van der Waals surface area (Å²) in [6, 6.07) is 10.0. The molecule has 0 radical (unpaired) electrons. The van der Waals surface area contributed by atoms with Gasteiger partial charge in [-0.1, -0.05) is 36.8 Å². The van der Waals surface area contributed by atoms with E-state index in [1.807, 2.05) is 38.1 Å². The molecule has 4 nitrogen and oxygen atoms in total. The lowest BCUT2D eigenvalue weighted by atomic mass is 9.95. The number of aliphatic hydroxyl groups is 1. The van der Waals surface area contributed by atoms with E-state index >= 15 is 0 Å². The number of piperidine rings is 1. The van der Waals surface area contributed by atoms with Gasteiger partial charge in [-0.15, -0.1) is 0 Å². The van der Waals surface area contributed by atoms with Crippen molar-refractivity contribution in [3.8, 4) is 11.1 Å². The molecule has 1 N–H and O–H groups in total. The Bertz CT molecular complexity index is 714. The van der Waals surface area contributed by atoms with E-state index in [1.165, 1.54) is 5.56 Å². The van der Waals surface area contributed by atoms with Crippen LogP contribution in [0.4, 0.5) is 0 Å². The molecule has 23 heavy (non-hydrogen) atoms. The molecule has 1 aromatic heterocycles. The third kappa shape index (κ3) is 3.42. The summed E-state index contributed by atoms with van der Waals surface area (Å²) in [5.41, 5.74) is 3.74. The number of likely N-dealkylation sites (tertiary alicyclic amines) is 1. The SMILES string of the molecule is Cc1cccc(-c2cncc(C(=O)N3CCC(C)C(O)C3)c2)c1. The van der Waals surface area contributed by atoms with Crippen LogP contribution in [0.25, 0.3) is 11.1 Å². The number of carbonyl (C=O) groups excluding carboxylic acids is 1. The van der Waals surface area contributed by atoms with E-state index in [2.05, 4.69) is 11.1 Å². The monoisotopic (exact) mass is 310 g/mol. The number of pyridine rings is 1. The van der Waals surface area contributed by atoms with E-state index in [0.717, 1.165) is 17.5 Å². The van der Waals surface area contributed by atoms with Gasteiger partial charge in [-0.25, -0.2) is 0 Å². The standard InChI is InChI=1S/C19H22N2O2/c1-13-4-3-5-15(8-13)16-9-17(11-20-10-16)19(23)21-7-6-14(2)18(22)12-21/h3-5,8-11,14,18,22H,6-7,12H2,1-2H3. The highest BCUT2D eigenvalue weighted by molar-refractivity contribution is 5.95. The van der Waals surface area contributed by atoms with E-state index in [4.69, 9.17) is 0 Å². The van der Waals surface area contributed by atoms with Crippen LogP contribution in [0.15, 0.2) is 42.7 Å². The zero-order valence-corrected chi connectivity index (χ0v) is 13.6. The van der Waals surface area contributed by atoms with Crippen molar-refractivity contribution in [1.82, 2.24) is 9.88 Å². The third-order valence-corrected chi connectivity index (χ3v) is 4.54. The molecule has 1 aromatic carbocycles. The van der Waals surface area contributed by atoms with Crippen molar-refractivity contribution in [3.05, 3.63) is 53.9 Å². The molecule has 2 aromatic rings. The molecule has 120 valence electrons. The van der Waals surface area contributed by atoms with Gasteiger partial charge in [0.05, 0.1) is 11.7 Å². The van der Waals surface area contributed by atoms with Crippen LogP contribution in [0, 0.1) is 12.8 Å². The van der Waals surface area contributed by atoms with Crippen LogP contribution in [-0.4, -0.2) is 40.1 Å². The maximum Gasteiger partial charge on any atom is 0.255 e. The van der Waals surface area contributed by atoms with Crippen molar-refractivity contribution < 1.29 is 9.90 Å². The maximum absolute atomic E-state index is 12.7. The Labute approximate surface area is 136 Å². The summed E-state index contributed by atoms with van der Waals surface area (Å²) in [6.45, 7) is 5.15. The number of rotatable bonds is 2. The fourth-order valence-corrected chi connectivity index (χ4v) is 2.96. The number of nitrogens with zero attached hydrogens (tertiary/aromatic N) is 2. The number of benzene rings is 1. The van der Waals surface area contributed by atoms with Crippen LogP contribution in [-0.2, 0) is 0 Å². The first-order valence-electron chi connectivity index (χ1n) is 8.04. The van der Waals surface area contributed by atoms with Gasteiger partial charge >= 0.3 is 0 Å². The first-order chi connectivity index (χ1) is 11.0. The number of amides is 1. The summed E-state index contributed by atoms with van der Waals surface area (Å²) < 4.78 is 0. The lowest BCUT2D eigenvalue weighted by Gasteiger charge is -2.34. The minimum atomic E-state index is -0.444. The van der Waals surface area contributed by atoms with Gasteiger partial charge in [0.15, 0.2) is 0 Å². The second-order valence-electron chi connectivity index (χ2n) is 6.42. The molecule has 1 fully saturated rings. The minimum Gasteiger partial charge on any atom is -0.391 e. The van der Waals surface area contributed by atoms with E-state index in [-0.39, 0.29) is 11.8 Å². The van der Waals surface area contributed by atoms with Gasteiger partial charge in [-0.2, -0.15) is 0 Å². The molecule has 3 rings (SSSR count). The fourth-order valence-electron chi connectivity index (χ4n) is 2.96. The number of β-amino-alcohol motifs (C(OH)–C–C–N with tert-alkyl or cyclic N) is 1. The van der Waals surface area contributed by atoms with Crippen molar-refractivity contribution in [2.45, 2.75) is 26.4 Å². The van der Waals surface area contributed by atoms with E-state index < -0.39 is 6.10 Å². The number of aliphatic hydroxyl groups excluding tert-OH is 1. The van der Waals surface area contributed by atoms with Crippen molar-refractivity contribution in [2.75, 3.05) is 13.1 Å². The van der Waals surface area contributed by atoms with Gasteiger partial charge in [-0.3, -0.25) is 9.78 Å². The Kier molecular flexibility index (Phi) is 4.44. The summed E-state index contributed by atoms with van der Waals surface area (Å²) in [4.78, 5) is 18.6. The normalized spacial score (nSPS) is 21.3. The Hall–Kier alpha value is -2.20. The molecule has 2 atom stereocenters. The molecule has 1 saturated heterocycles. The summed E-state index contributed by atoms with van der Waals surface area (Å²) in [5.74, 6) is 0.189. The number of aromatic nitrogens is 1. The second kappa shape index (κ2) is 6.50. The molecule has 0 bridgehead atoms. The largest absolute Gasteiger partial charge is 0.391 e.